The average Bonchev–Trinajstić information content (AvgIpc) is 2.75. The van der Waals surface area contributed by atoms with Gasteiger partial charge in [-0.2, -0.15) is 0 Å². The van der Waals surface area contributed by atoms with Crippen molar-refractivity contribution >= 4 is 29.0 Å². The van der Waals surface area contributed by atoms with E-state index in [0.717, 1.165) is 6.42 Å². The molecule has 0 N–H and O–H groups in total. The molecule has 2 atom stereocenters. The molecule has 0 saturated carbocycles. The Labute approximate surface area is 130 Å². The van der Waals surface area contributed by atoms with Crippen molar-refractivity contribution in [3.63, 3.8) is 0 Å². The lowest BCUT2D eigenvalue weighted by atomic mass is 9.80. The molecule has 0 aliphatic heterocycles. The number of hydrogen-bond donors (Lipinski definition) is 0. The quantitative estimate of drug-likeness (QED) is 0.689. The third-order valence-corrected chi connectivity index (χ3v) is 5.18. The Morgan fingerprint density at radius 3 is 2.86 bits per heavy atom. The molecular weight excluding hydrogens is 264 g/mol. The monoisotopic (exact) mass is 282 g/mol. The summed E-state index contributed by atoms with van der Waals surface area (Å²) in [6.07, 6.45) is 19.5. The normalized spacial score (nSPS) is 23.7. The van der Waals surface area contributed by atoms with E-state index in [0.29, 0.717) is 11.8 Å². The Hall–Kier alpha value is -2.34. The molecule has 0 saturated heterocycles. The van der Waals surface area contributed by atoms with Crippen LogP contribution in [0.3, 0.4) is 0 Å². The molecule has 0 fully saturated rings. The highest BCUT2D eigenvalue weighted by molar-refractivity contribution is 5.97. The fourth-order valence-corrected chi connectivity index (χ4v) is 4.33. The second-order valence-electron chi connectivity index (χ2n) is 6.66. The summed E-state index contributed by atoms with van der Waals surface area (Å²) in [4.78, 5) is 0. The zero-order valence-corrected chi connectivity index (χ0v) is 12.7. The third kappa shape index (κ3) is 1.53. The minimum Gasteiger partial charge on any atom is -0.0732 e. The van der Waals surface area contributed by atoms with Gasteiger partial charge in [0.05, 0.1) is 0 Å². The van der Waals surface area contributed by atoms with E-state index in [-0.39, 0.29) is 0 Å². The fraction of sp³-hybridized carbons (Fsp3) is 0.182. The molecule has 106 valence electrons. The summed E-state index contributed by atoms with van der Waals surface area (Å²) in [6.45, 7) is 2.33. The highest BCUT2D eigenvalue weighted by Gasteiger charge is 2.21. The molecule has 0 amide bonds. The first-order chi connectivity index (χ1) is 10.8. The average molecular weight is 282 g/mol. The van der Waals surface area contributed by atoms with Crippen molar-refractivity contribution in [1.82, 2.24) is 0 Å². The first-order valence-corrected chi connectivity index (χ1v) is 8.15. The standard InChI is InChI=1S/C22H18/c1-14-12-16-8-5-10-18-17-9-3-2-6-15-7-4-11-19(21(15)17)20(13-14)22(16)18/h2-11,13-15H,12H2,1H3. The molecule has 0 heterocycles. The van der Waals surface area contributed by atoms with Gasteiger partial charge in [-0.25, -0.2) is 0 Å². The van der Waals surface area contributed by atoms with Crippen LogP contribution >= 0.6 is 0 Å². The molecule has 0 nitrogen and oxygen atoms in total. The molecule has 3 aliphatic carbocycles. The topological polar surface area (TPSA) is 0 Å². The van der Waals surface area contributed by atoms with Crippen molar-refractivity contribution < 1.29 is 0 Å². The highest BCUT2D eigenvalue weighted by atomic mass is 14.2. The van der Waals surface area contributed by atoms with E-state index >= 15 is 0 Å². The van der Waals surface area contributed by atoms with Gasteiger partial charge in [0.25, 0.3) is 0 Å². The van der Waals surface area contributed by atoms with Crippen LogP contribution in [0.2, 0.25) is 0 Å². The van der Waals surface area contributed by atoms with E-state index in [1.807, 2.05) is 0 Å². The van der Waals surface area contributed by atoms with Crippen molar-refractivity contribution in [2.75, 3.05) is 0 Å². The van der Waals surface area contributed by atoms with E-state index in [2.05, 4.69) is 73.7 Å². The SMILES string of the molecule is CC1C=c2c3c4c(c5cccc(c25)C1)C=CC=CC4C=CC=3. The van der Waals surface area contributed by atoms with Gasteiger partial charge in [-0.05, 0) is 50.2 Å². The molecule has 5 rings (SSSR count). The molecule has 2 aromatic rings. The van der Waals surface area contributed by atoms with Crippen LogP contribution in [0, 0.1) is 5.92 Å². The Kier molecular flexibility index (Phi) is 2.41. The Balaban J connectivity index is 2.12. The Morgan fingerprint density at radius 2 is 1.91 bits per heavy atom. The van der Waals surface area contributed by atoms with E-state index in [4.69, 9.17) is 0 Å². The number of benzene rings is 2. The fourth-order valence-electron chi connectivity index (χ4n) is 4.33. The largest absolute Gasteiger partial charge is 0.0732 e. The number of rotatable bonds is 0. The summed E-state index contributed by atoms with van der Waals surface area (Å²) in [7, 11) is 0. The minimum atomic E-state index is 0.403. The van der Waals surface area contributed by atoms with Crippen LogP contribution in [-0.4, -0.2) is 0 Å². The van der Waals surface area contributed by atoms with Crippen molar-refractivity contribution in [3.05, 3.63) is 75.7 Å². The molecular formula is C22H18. The van der Waals surface area contributed by atoms with Crippen LogP contribution in [0.25, 0.3) is 29.0 Å². The summed E-state index contributed by atoms with van der Waals surface area (Å²) in [6, 6.07) is 6.84. The van der Waals surface area contributed by atoms with Gasteiger partial charge in [-0.3, -0.25) is 0 Å². The van der Waals surface area contributed by atoms with Gasteiger partial charge in [-0.15, -0.1) is 0 Å². The van der Waals surface area contributed by atoms with Crippen LogP contribution in [0.5, 0.6) is 0 Å². The summed E-state index contributed by atoms with van der Waals surface area (Å²) in [5, 5.41) is 5.79. The lowest BCUT2D eigenvalue weighted by molar-refractivity contribution is 0.758. The van der Waals surface area contributed by atoms with Crippen molar-refractivity contribution in [2.24, 2.45) is 5.92 Å². The first kappa shape index (κ1) is 12.2. The van der Waals surface area contributed by atoms with Crippen LogP contribution in [0.4, 0.5) is 0 Å². The zero-order valence-electron chi connectivity index (χ0n) is 12.7. The molecule has 0 aromatic heterocycles. The lowest BCUT2D eigenvalue weighted by Crippen LogP contribution is -2.35. The number of fused-ring (bicyclic) bond motifs is 2. The molecule has 0 radical (unpaired) electrons. The van der Waals surface area contributed by atoms with Crippen LogP contribution in [0.1, 0.15) is 29.5 Å². The molecule has 3 aliphatic rings. The molecule has 2 unspecified atom stereocenters. The van der Waals surface area contributed by atoms with Crippen molar-refractivity contribution in [2.45, 2.75) is 19.3 Å². The van der Waals surface area contributed by atoms with Gasteiger partial charge in [0.2, 0.25) is 0 Å². The van der Waals surface area contributed by atoms with Gasteiger partial charge in [0.15, 0.2) is 0 Å². The van der Waals surface area contributed by atoms with Crippen LogP contribution in [-0.2, 0) is 6.42 Å². The van der Waals surface area contributed by atoms with Gasteiger partial charge in [0, 0.05) is 5.92 Å². The Bertz CT molecular complexity index is 1010. The maximum absolute atomic E-state index is 2.48. The zero-order chi connectivity index (χ0) is 14.7. The first-order valence-electron chi connectivity index (χ1n) is 8.15. The summed E-state index contributed by atoms with van der Waals surface area (Å²) >= 11 is 0. The molecule has 0 spiro atoms. The van der Waals surface area contributed by atoms with E-state index in [9.17, 15) is 0 Å². The van der Waals surface area contributed by atoms with Crippen LogP contribution < -0.4 is 10.4 Å². The van der Waals surface area contributed by atoms with Gasteiger partial charge >= 0.3 is 0 Å². The second-order valence-corrected chi connectivity index (χ2v) is 6.66. The summed E-state index contributed by atoms with van der Waals surface area (Å²) in [5.74, 6) is 1.02. The second kappa shape index (κ2) is 4.33. The predicted octanol–water partition coefficient (Wildman–Crippen LogP) is 3.83. The van der Waals surface area contributed by atoms with Gasteiger partial charge in [-0.1, -0.05) is 73.7 Å². The smallest absolute Gasteiger partial charge is 0.0217 e. The molecule has 2 aromatic carbocycles. The van der Waals surface area contributed by atoms with E-state index in [1.165, 1.54) is 37.9 Å². The Morgan fingerprint density at radius 1 is 1.00 bits per heavy atom. The number of allylic oxidation sites excluding steroid dienone is 5. The minimum absolute atomic E-state index is 0.403. The maximum Gasteiger partial charge on any atom is 0.0217 e. The number of hydrogen-bond acceptors (Lipinski definition) is 0. The third-order valence-electron chi connectivity index (χ3n) is 5.18. The summed E-state index contributed by atoms with van der Waals surface area (Å²) in [5.41, 5.74) is 4.40. The van der Waals surface area contributed by atoms with Crippen LogP contribution in [0.15, 0.2) is 48.6 Å². The highest BCUT2D eigenvalue weighted by Crippen LogP contribution is 2.32. The van der Waals surface area contributed by atoms with E-state index in [1.54, 1.807) is 0 Å². The van der Waals surface area contributed by atoms with E-state index < -0.39 is 0 Å². The summed E-state index contributed by atoms with van der Waals surface area (Å²) < 4.78 is 0. The van der Waals surface area contributed by atoms with Gasteiger partial charge in [0.1, 0.15) is 0 Å². The van der Waals surface area contributed by atoms with Gasteiger partial charge < -0.3 is 0 Å². The molecule has 0 bridgehead atoms. The lowest BCUT2D eigenvalue weighted by Gasteiger charge is -2.23. The molecule has 0 heteroatoms. The molecule has 22 heavy (non-hydrogen) atoms. The maximum atomic E-state index is 2.48. The van der Waals surface area contributed by atoms with Crippen molar-refractivity contribution in [1.29, 1.82) is 0 Å². The predicted molar refractivity (Wildman–Crippen MR) is 95.1 cm³/mol. The van der Waals surface area contributed by atoms with Crippen molar-refractivity contribution in [3.8, 4) is 0 Å².